The quantitative estimate of drug-likeness (QED) is 0.711. The topological polar surface area (TPSA) is 12.0 Å². The summed E-state index contributed by atoms with van der Waals surface area (Å²) in [7, 11) is 1.91. The molecule has 0 saturated heterocycles. The molecule has 0 heterocycles. The SMILES string of the molecule is CCC1(C(NC)c2cc(Cl)c(Br)cc2F)CCCC1. The Labute approximate surface area is 128 Å². The molecule has 1 aliphatic carbocycles. The summed E-state index contributed by atoms with van der Waals surface area (Å²) >= 11 is 9.41. The van der Waals surface area contributed by atoms with Crippen molar-refractivity contribution in [1.82, 2.24) is 5.32 Å². The van der Waals surface area contributed by atoms with Crippen LogP contribution in [0.25, 0.3) is 0 Å². The number of halogens is 3. The summed E-state index contributed by atoms with van der Waals surface area (Å²) < 4.78 is 14.9. The molecule has 1 nitrogen and oxygen atoms in total. The van der Waals surface area contributed by atoms with Crippen LogP contribution in [-0.2, 0) is 0 Å². The Kier molecular flexibility index (Phi) is 4.91. The van der Waals surface area contributed by atoms with Crippen molar-refractivity contribution in [3.05, 3.63) is 33.0 Å². The standard InChI is InChI=1S/C15H20BrClFN/c1-3-15(6-4-5-7-15)14(19-2)10-8-12(17)11(16)9-13(10)18/h8-9,14,19H,3-7H2,1-2H3. The highest BCUT2D eigenvalue weighted by Crippen LogP contribution is 2.50. The van der Waals surface area contributed by atoms with Gasteiger partial charge in [0.2, 0.25) is 0 Å². The Bertz CT molecular complexity index is 458. The third-order valence-electron chi connectivity index (χ3n) is 4.56. The van der Waals surface area contributed by atoms with Gasteiger partial charge in [-0.15, -0.1) is 0 Å². The molecule has 1 N–H and O–H groups in total. The summed E-state index contributed by atoms with van der Waals surface area (Å²) in [6.07, 6.45) is 5.84. The number of benzene rings is 1. The van der Waals surface area contributed by atoms with Crippen LogP contribution in [0, 0.1) is 11.2 Å². The predicted octanol–water partition coefficient (Wildman–Crippen LogP) is 5.47. The smallest absolute Gasteiger partial charge is 0.129 e. The second-order valence-corrected chi connectivity index (χ2v) is 6.69. The Morgan fingerprint density at radius 1 is 1.42 bits per heavy atom. The van der Waals surface area contributed by atoms with Crippen LogP contribution in [0.4, 0.5) is 4.39 Å². The first-order chi connectivity index (χ1) is 9.04. The van der Waals surface area contributed by atoms with Crippen LogP contribution in [0.3, 0.4) is 0 Å². The number of hydrogen-bond acceptors (Lipinski definition) is 1. The van der Waals surface area contributed by atoms with Crippen LogP contribution in [0.2, 0.25) is 5.02 Å². The fraction of sp³-hybridized carbons (Fsp3) is 0.600. The van der Waals surface area contributed by atoms with Crippen LogP contribution in [0.1, 0.15) is 50.6 Å². The van der Waals surface area contributed by atoms with E-state index in [-0.39, 0.29) is 17.3 Å². The van der Waals surface area contributed by atoms with Gasteiger partial charge in [0.1, 0.15) is 5.82 Å². The lowest BCUT2D eigenvalue weighted by atomic mass is 9.73. The van der Waals surface area contributed by atoms with Crippen LogP contribution in [-0.4, -0.2) is 7.05 Å². The molecular weight excluding hydrogens is 329 g/mol. The van der Waals surface area contributed by atoms with Gasteiger partial charge in [-0.2, -0.15) is 0 Å². The lowest BCUT2D eigenvalue weighted by Gasteiger charge is -2.37. The summed E-state index contributed by atoms with van der Waals surface area (Å²) in [5.74, 6) is -0.185. The van der Waals surface area contributed by atoms with Gasteiger partial charge in [-0.05, 0) is 59.8 Å². The van der Waals surface area contributed by atoms with Crippen LogP contribution >= 0.6 is 27.5 Å². The molecule has 1 atom stereocenters. The van der Waals surface area contributed by atoms with Crippen LogP contribution in [0.15, 0.2) is 16.6 Å². The Balaban J connectivity index is 2.44. The molecule has 0 spiro atoms. The summed E-state index contributed by atoms with van der Waals surface area (Å²) in [4.78, 5) is 0. The molecule has 1 aromatic carbocycles. The summed E-state index contributed by atoms with van der Waals surface area (Å²) in [6.45, 7) is 2.20. The molecule has 0 bridgehead atoms. The molecule has 1 saturated carbocycles. The molecule has 1 unspecified atom stereocenters. The van der Waals surface area contributed by atoms with Crippen molar-refractivity contribution in [2.45, 2.75) is 45.1 Å². The first-order valence-electron chi connectivity index (χ1n) is 6.86. The van der Waals surface area contributed by atoms with E-state index in [0.29, 0.717) is 15.1 Å². The van der Waals surface area contributed by atoms with E-state index >= 15 is 0 Å². The van der Waals surface area contributed by atoms with Gasteiger partial charge in [0.25, 0.3) is 0 Å². The zero-order valence-corrected chi connectivity index (χ0v) is 13.7. The third-order valence-corrected chi connectivity index (χ3v) is 5.75. The zero-order chi connectivity index (χ0) is 14.0. The van der Waals surface area contributed by atoms with Gasteiger partial charge in [0.05, 0.1) is 5.02 Å². The highest BCUT2D eigenvalue weighted by molar-refractivity contribution is 9.10. The fourth-order valence-corrected chi connectivity index (χ4v) is 3.96. The second kappa shape index (κ2) is 6.11. The van der Waals surface area contributed by atoms with E-state index in [1.165, 1.54) is 18.9 Å². The third kappa shape index (κ3) is 2.84. The molecule has 1 aliphatic rings. The van der Waals surface area contributed by atoms with Gasteiger partial charge < -0.3 is 5.32 Å². The van der Waals surface area contributed by atoms with Crippen molar-refractivity contribution in [3.8, 4) is 0 Å². The zero-order valence-electron chi connectivity index (χ0n) is 11.4. The molecule has 0 aromatic heterocycles. The van der Waals surface area contributed by atoms with E-state index in [9.17, 15) is 4.39 Å². The number of nitrogens with one attached hydrogen (secondary N) is 1. The first-order valence-corrected chi connectivity index (χ1v) is 8.03. The number of rotatable bonds is 4. The van der Waals surface area contributed by atoms with Gasteiger partial charge >= 0.3 is 0 Å². The average molecular weight is 349 g/mol. The average Bonchev–Trinajstić information content (AvgIpc) is 2.86. The minimum atomic E-state index is -0.185. The fourth-order valence-electron chi connectivity index (χ4n) is 3.48. The Morgan fingerprint density at radius 2 is 2.05 bits per heavy atom. The van der Waals surface area contributed by atoms with E-state index in [4.69, 9.17) is 11.6 Å². The normalized spacial score (nSPS) is 19.6. The maximum atomic E-state index is 14.3. The van der Waals surface area contributed by atoms with Crippen molar-refractivity contribution in [2.24, 2.45) is 5.41 Å². The van der Waals surface area contributed by atoms with Crippen molar-refractivity contribution < 1.29 is 4.39 Å². The Hall–Kier alpha value is -0.120. The molecule has 106 valence electrons. The lowest BCUT2D eigenvalue weighted by molar-refractivity contribution is 0.191. The van der Waals surface area contributed by atoms with E-state index in [1.54, 1.807) is 6.07 Å². The van der Waals surface area contributed by atoms with Crippen LogP contribution < -0.4 is 5.32 Å². The largest absolute Gasteiger partial charge is 0.312 e. The maximum Gasteiger partial charge on any atom is 0.129 e. The van der Waals surface area contributed by atoms with Gasteiger partial charge in [-0.1, -0.05) is 31.4 Å². The van der Waals surface area contributed by atoms with Gasteiger partial charge in [-0.25, -0.2) is 4.39 Å². The maximum absolute atomic E-state index is 14.3. The predicted molar refractivity (Wildman–Crippen MR) is 82.1 cm³/mol. The first kappa shape index (κ1) is 15.3. The highest BCUT2D eigenvalue weighted by Gasteiger charge is 2.40. The highest BCUT2D eigenvalue weighted by atomic mass is 79.9. The lowest BCUT2D eigenvalue weighted by Crippen LogP contribution is -2.34. The van der Waals surface area contributed by atoms with Crippen molar-refractivity contribution in [1.29, 1.82) is 0 Å². The summed E-state index contributed by atoms with van der Waals surface area (Å²) in [5, 5.41) is 3.90. The van der Waals surface area contributed by atoms with E-state index in [2.05, 4.69) is 28.2 Å². The number of hydrogen-bond donors (Lipinski definition) is 1. The minimum Gasteiger partial charge on any atom is -0.312 e. The van der Waals surface area contributed by atoms with Gasteiger partial charge in [0.15, 0.2) is 0 Å². The molecule has 2 rings (SSSR count). The van der Waals surface area contributed by atoms with E-state index in [1.807, 2.05) is 7.05 Å². The van der Waals surface area contributed by atoms with Crippen molar-refractivity contribution >= 4 is 27.5 Å². The molecule has 0 aliphatic heterocycles. The van der Waals surface area contributed by atoms with Crippen molar-refractivity contribution in [2.75, 3.05) is 7.05 Å². The molecule has 1 fully saturated rings. The van der Waals surface area contributed by atoms with E-state index in [0.717, 1.165) is 19.3 Å². The second-order valence-electron chi connectivity index (χ2n) is 5.43. The van der Waals surface area contributed by atoms with Gasteiger partial charge in [0, 0.05) is 16.1 Å². The van der Waals surface area contributed by atoms with Crippen LogP contribution in [0.5, 0.6) is 0 Å². The minimum absolute atomic E-state index is 0.0330. The van der Waals surface area contributed by atoms with E-state index < -0.39 is 0 Å². The monoisotopic (exact) mass is 347 g/mol. The molecule has 1 aromatic rings. The molecule has 0 radical (unpaired) electrons. The summed E-state index contributed by atoms with van der Waals surface area (Å²) in [6, 6.07) is 3.27. The molecule has 4 heteroatoms. The molecular formula is C15H20BrClFN. The Morgan fingerprint density at radius 3 is 2.58 bits per heavy atom. The molecule has 0 amide bonds. The molecule has 19 heavy (non-hydrogen) atoms. The summed E-state index contributed by atoms with van der Waals surface area (Å²) in [5.41, 5.74) is 0.853. The van der Waals surface area contributed by atoms with Crippen molar-refractivity contribution in [3.63, 3.8) is 0 Å². The van der Waals surface area contributed by atoms with Gasteiger partial charge in [-0.3, -0.25) is 0 Å².